The summed E-state index contributed by atoms with van der Waals surface area (Å²) in [6, 6.07) is 2.13. The quantitative estimate of drug-likeness (QED) is 0.640. The van der Waals surface area contributed by atoms with E-state index >= 15 is 0 Å². The summed E-state index contributed by atoms with van der Waals surface area (Å²) in [6.45, 7) is 5.36. The van der Waals surface area contributed by atoms with Gasteiger partial charge in [-0.25, -0.2) is 0 Å². The highest BCUT2D eigenvalue weighted by Crippen LogP contribution is 2.22. The fourth-order valence-corrected chi connectivity index (χ4v) is 1.78. The predicted molar refractivity (Wildman–Crippen MR) is 54.5 cm³/mol. The zero-order valence-electron chi connectivity index (χ0n) is 8.12. The maximum absolute atomic E-state index is 4.31. The largest absolute Gasteiger partial charge is 0.291 e. The van der Waals surface area contributed by atoms with Crippen molar-refractivity contribution >= 4 is 6.21 Å². The first-order chi connectivity index (χ1) is 6.29. The number of pyridine rings is 1. The van der Waals surface area contributed by atoms with Crippen molar-refractivity contribution in [3.05, 3.63) is 29.1 Å². The van der Waals surface area contributed by atoms with Crippen LogP contribution in [0.25, 0.3) is 0 Å². The molecule has 1 aromatic heterocycles. The van der Waals surface area contributed by atoms with E-state index in [4.69, 9.17) is 0 Å². The van der Waals surface area contributed by atoms with Crippen molar-refractivity contribution in [3.8, 4) is 0 Å². The molecule has 68 valence electrons. The Labute approximate surface area is 78.7 Å². The van der Waals surface area contributed by atoms with Gasteiger partial charge in [-0.3, -0.25) is 9.98 Å². The van der Waals surface area contributed by atoms with E-state index in [1.807, 2.05) is 12.4 Å². The molecule has 0 aliphatic carbocycles. The van der Waals surface area contributed by atoms with Gasteiger partial charge >= 0.3 is 0 Å². The SMILES string of the molecule is CC(C)c1ccnc2c1CCN=C2. The molecule has 0 atom stereocenters. The average molecular weight is 174 g/mol. The molecule has 1 aliphatic rings. The van der Waals surface area contributed by atoms with Crippen LogP contribution in [0.15, 0.2) is 17.3 Å². The molecule has 0 fully saturated rings. The Hall–Kier alpha value is -1.18. The second kappa shape index (κ2) is 3.29. The van der Waals surface area contributed by atoms with Crippen LogP contribution in [0.2, 0.25) is 0 Å². The number of aliphatic imine (C=N–C) groups is 1. The van der Waals surface area contributed by atoms with Crippen LogP contribution >= 0.6 is 0 Å². The van der Waals surface area contributed by atoms with Crippen LogP contribution < -0.4 is 0 Å². The highest BCUT2D eigenvalue weighted by Gasteiger charge is 2.12. The third kappa shape index (κ3) is 1.48. The van der Waals surface area contributed by atoms with Crippen molar-refractivity contribution in [3.63, 3.8) is 0 Å². The normalized spacial score (nSPS) is 14.7. The summed E-state index contributed by atoms with van der Waals surface area (Å²) in [4.78, 5) is 8.54. The molecule has 0 amide bonds. The third-order valence-electron chi connectivity index (χ3n) is 2.45. The van der Waals surface area contributed by atoms with Gasteiger partial charge in [-0.05, 0) is 29.5 Å². The molecule has 2 rings (SSSR count). The Bertz CT molecular complexity index is 340. The van der Waals surface area contributed by atoms with Crippen molar-refractivity contribution in [2.24, 2.45) is 4.99 Å². The minimum absolute atomic E-state index is 0.586. The molecule has 0 N–H and O–H groups in total. The van der Waals surface area contributed by atoms with Crippen LogP contribution in [0.1, 0.15) is 36.6 Å². The van der Waals surface area contributed by atoms with Gasteiger partial charge in [0.2, 0.25) is 0 Å². The minimum atomic E-state index is 0.586. The molecule has 2 heterocycles. The lowest BCUT2D eigenvalue weighted by Crippen LogP contribution is -2.09. The summed E-state index contributed by atoms with van der Waals surface area (Å²) in [7, 11) is 0. The van der Waals surface area contributed by atoms with Gasteiger partial charge in [0.15, 0.2) is 0 Å². The second-order valence-corrected chi connectivity index (χ2v) is 3.70. The molecule has 13 heavy (non-hydrogen) atoms. The number of rotatable bonds is 1. The molecule has 1 aromatic rings. The van der Waals surface area contributed by atoms with E-state index < -0.39 is 0 Å². The van der Waals surface area contributed by atoms with Crippen molar-refractivity contribution < 1.29 is 0 Å². The smallest absolute Gasteiger partial charge is 0.0843 e. The molecule has 0 aromatic carbocycles. The first kappa shape index (κ1) is 8.42. The number of hydrogen-bond donors (Lipinski definition) is 0. The van der Waals surface area contributed by atoms with Gasteiger partial charge in [0.25, 0.3) is 0 Å². The number of fused-ring (bicyclic) bond motifs is 1. The Kier molecular flexibility index (Phi) is 2.13. The van der Waals surface area contributed by atoms with Crippen LogP contribution in [-0.4, -0.2) is 17.7 Å². The fourth-order valence-electron chi connectivity index (χ4n) is 1.78. The molecule has 2 nitrogen and oxygen atoms in total. The van der Waals surface area contributed by atoms with E-state index in [2.05, 4.69) is 29.9 Å². The predicted octanol–water partition coefficient (Wildman–Crippen LogP) is 2.18. The molecule has 0 unspecified atom stereocenters. The zero-order chi connectivity index (χ0) is 9.26. The highest BCUT2D eigenvalue weighted by atomic mass is 14.8. The lowest BCUT2D eigenvalue weighted by Gasteiger charge is -2.16. The van der Waals surface area contributed by atoms with Gasteiger partial charge in [0.05, 0.1) is 5.69 Å². The van der Waals surface area contributed by atoms with Crippen LogP contribution in [0.4, 0.5) is 0 Å². The average Bonchev–Trinajstić information content (AvgIpc) is 2.17. The molecule has 1 aliphatic heterocycles. The third-order valence-corrected chi connectivity index (χ3v) is 2.45. The van der Waals surface area contributed by atoms with Crippen LogP contribution in [0.5, 0.6) is 0 Å². The molecule has 2 heteroatoms. The molecule has 0 radical (unpaired) electrons. The van der Waals surface area contributed by atoms with Crippen molar-refractivity contribution in [1.82, 2.24) is 4.98 Å². The summed E-state index contributed by atoms with van der Waals surface area (Å²) in [5.74, 6) is 0.586. The Balaban J connectivity index is 2.53. The molecule has 0 saturated heterocycles. The Morgan fingerprint density at radius 3 is 3.00 bits per heavy atom. The monoisotopic (exact) mass is 174 g/mol. The lowest BCUT2D eigenvalue weighted by molar-refractivity contribution is 0.817. The summed E-state index contributed by atoms with van der Waals surface area (Å²) in [6.07, 6.45) is 4.82. The van der Waals surface area contributed by atoms with Crippen molar-refractivity contribution in [2.75, 3.05) is 6.54 Å². The van der Waals surface area contributed by atoms with Crippen LogP contribution in [0.3, 0.4) is 0 Å². The van der Waals surface area contributed by atoms with Gasteiger partial charge in [-0.1, -0.05) is 13.8 Å². The second-order valence-electron chi connectivity index (χ2n) is 3.70. The van der Waals surface area contributed by atoms with E-state index in [-0.39, 0.29) is 0 Å². The number of aromatic nitrogens is 1. The molecular formula is C11H14N2. The van der Waals surface area contributed by atoms with Gasteiger partial charge in [0, 0.05) is 19.0 Å². The van der Waals surface area contributed by atoms with E-state index in [1.165, 1.54) is 11.1 Å². The van der Waals surface area contributed by atoms with E-state index in [9.17, 15) is 0 Å². The Morgan fingerprint density at radius 2 is 2.23 bits per heavy atom. The summed E-state index contributed by atoms with van der Waals surface area (Å²) in [5.41, 5.74) is 3.89. The van der Waals surface area contributed by atoms with Crippen molar-refractivity contribution in [1.29, 1.82) is 0 Å². The molecule has 0 bridgehead atoms. The topological polar surface area (TPSA) is 25.2 Å². The Morgan fingerprint density at radius 1 is 1.38 bits per heavy atom. The van der Waals surface area contributed by atoms with Crippen LogP contribution in [0, 0.1) is 0 Å². The molecule has 0 spiro atoms. The number of hydrogen-bond acceptors (Lipinski definition) is 2. The maximum Gasteiger partial charge on any atom is 0.0843 e. The molecular weight excluding hydrogens is 160 g/mol. The first-order valence-electron chi connectivity index (χ1n) is 4.76. The lowest BCUT2D eigenvalue weighted by atomic mass is 9.94. The van der Waals surface area contributed by atoms with Gasteiger partial charge < -0.3 is 0 Å². The van der Waals surface area contributed by atoms with Crippen LogP contribution in [-0.2, 0) is 6.42 Å². The maximum atomic E-state index is 4.31. The fraction of sp³-hybridized carbons (Fsp3) is 0.455. The van der Waals surface area contributed by atoms with E-state index in [1.54, 1.807) is 0 Å². The zero-order valence-corrected chi connectivity index (χ0v) is 8.12. The molecule has 0 saturated carbocycles. The summed E-state index contributed by atoms with van der Waals surface area (Å²) >= 11 is 0. The van der Waals surface area contributed by atoms with E-state index in [0.29, 0.717) is 5.92 Å². The standard InChI is InChI=1S/C11H14N2/c1-8(2)9-4-6-13-11-7-12-5-3-10(9)11/h4,6-8H,3,5H2,1-2H3. The van der Waals surface area contributed by atoms with Gasteiger partial charge in [-0.2, -0.15) is 0 Å². The van der Waals surface area contributed by atoms with Gasteiger partial charge in [-0.15, -0.1) is 0 Å². The van der Waals surface area contributed by atoms with E-state index in [0.717, 1.165) is 18.7 Å². The van der Waals surface area contributed by atoms with Gasteiger partial charge in [0.1, 0.15) is 0 Å². The summed E-state index contributed by atoms with van der Waals surface area (Å²) < 4.78 is 0. The van der Waals surface area contributed by atoms with Crippen molar-refractivity contribution in [2.45, 2.75) is 26.2 Å². The first-order valence-corrected chi connectivity index (χ1v) is 4.76. The minimum Gasteiger partial charge on any atom is -0.291 e. The number of nitrogens with zero attached hydrogens (tertiary/aromatic N) is 2. The summed E-state index contributed by atoms with van der Waals surface area (Å²) in [5, 5.41) is 0. The highest BCUT2D eigenvalue weighted by molar-refractivity contribution is 5.80.